The summed E-state index contributed by atoms with van der Waals surface area (Å²) in [4.78, 5) is 10.8. The molecule has 0 spiro atoms. The van der Waals surface area contributed by atoms with E-state index in [1.807, 2.05) is 6.92 Å². The van der Waals surface area contributed by atoms with Gasteiger partial charge in [-0.1, -0.05) is 13.8 Å². The van der Waals surface area contributed by atoms with Gasteiger partial charge in [0.2, 0.25) is 0 Å². The van der Waals surface area contributed by atoms with Gasteiger partial charge in [-0.25, -0.2) is 0 Å². The fourth-order valence-corrected chi connectivity index (χ4v) is 1.89. The molecule has 0 radical (unpaired) electrons. The van der Waals surface area contributed by atoms with Gasteiger partial charge in [0.1, 0.15) is 6.29 Å². The van der Waals surface area contributed by atoms with Crippen LogP contribution in [-0.2, 0) is 9.53 Å². The van der Waals surface area contributed by atoms with Crippen LogP contribution in [0.2, 0.25) is 0 Å². The lowest BCUT2D eigenvalue weighted by Gasteiger charge is -2.20. The van der Waals surface area contributed by atoms with E-state index in [9.17, 15) is 4.79 Å². The lowest BCUT2D eigenvalue weighted by Crippen LogP contribution is -2.26. The van der Waals surface area contributed by atoms with Crippen molar-refractivity contribution < 1.29 is 9.53 Å². The van der Waals surface area contributed by atoms with Crippen molar-refractivity contribution in [2.24, 2.45) is 10.8 Å². The molecule has 1 aliphatic rings. The molecule has 2 atom stereocenters. The molecule has 2 unspecified atom stereocenters. The number of ether oxygens (including phenoxy) is 1. The molecule has 0 heterocycles. The quantitative estimate of drug-likeness (QED) is 0.580. The largest absolute Gasteiger partial charge is 0.381 e. The van der Waals surface area contributed by atoms with E-state index in [0.717, 1.165) is 12.7 Å². The smallest absolute Gasteiger partial charge is 0.129 e. The molecule has 0 aromatic rings. The van der Waals surface area contributed by atoms with E-state index in [-0.39, 0.29) is 16.9 Å². The molecule has 0 aliphatic heterocycles. The van der Waals surface area contributed by atoms with Crippen LogP contribution in [0.15, 0.2) is 0 Å². The second-order valence-corrected chi connectivity index (χ2v) is 4.10. The predicted molar refractivity (Wildman–Crippen MR) is 43.4 cm³/mol. The van der Waals surface area contributed by atoms with Gasteiger partial charge in [-0.2, -0.15) is 0 Å². The van der Waals surface area contributed by atoms with Crippen molar-refractivity contribution in [1.29, 1.82) is 0 Å². The number of hydrogen-bond acceptors (Lipinski definition) is 2. The molecular formula is C9H16O2. The van der Waals surface area contributed by atoms with Crippen LogP contribution in [0.25, 0.3) is 0 Å². The minimum Gasteiger partial charge on any atom is -0.381 e. The molecule has 2 heteroatoms. The van der Waals surface area contributed by atoms with E-state index in [1.54, 1.807) is 7.11 Å². The average Bonchev–Trinajstić information content (AvgIpc) is 2.53. The van der Waals surface area contributed by atoms with Crippen LogP contribution in [0.5, 0.6) is 0 Å². The Morgan fingerprint density at radius 1 is 1.55 bits per heavy atom. The van der Waals surface area contributed by atoms with E-state index in [4.69, 9.17) is 4.74 Å². The molecule has 0 saturated heterocycles. The molecular weight excluding hydrogens is 140 g/mol. The maximum atomic E-state index is 10.8. The number of carbonyl (C=O) groups excluding carboxylic acids is 1. The first-order valence-electron chi connectivity index (χ1n) is 3.99. The first-order valence-corrected chi connectivity index (χ1v) is 3.99. The van der Waals surface area contributed by atoms with E-state index < -0.39 is 0 Å². The number of carbonyl (C=O) groups is 1. The molecule has 0 amide bonds. The van der Waals surface area contributed by atoms with Crippen molar-refractivity contribution in [3.8, 4) is 0 Å². The number of rotatable bonds is 3. The van der Waals surface area contributed by atoms with Crippen molar-refractivity contribution >= 4 is 6.29 Å². The average molecular weight is 156 g/mol. The van der Waals surface area contributed by atoms with E-state index in [1.165, 1.54) is 0 Å². The lowest BCUT2D eigenvalue weighted by molar-refractivity contribution is -0.118. The molecule has 0 bridgehead atoms. The second-order valence-electron chi connectivity index (χ2n) is 4.10. The summed E-state index contributed by atoms with van der Waals surface area (Å²) in [5.74, 6) is 0. The maximum Gasteiger partial charge on any atom is 0.129 e. The Labute approximate surface area is 67.9 Å². The molecule has 64 valence electrons. The van der Waals surface area contributed by atoms with Crippen molar-refractivity contribution in [3.63, 3.8) is 0 Å². The third-order valence-electron chi connectivity index (χ3n) is 3.16. The topological polar surface area (TPSA) is 26.3 Å². The monoisotopic (exact) mass is 156 g/mol. The van der Waals surface area contributed by atoms with Crippen LogP contribution in [0.3, 0.4) is 0 Å². The van der Waals surface area contributed by atoms with Crippen LogP contribution in [-0.4, -0.2) is 19.5 Å². The summed E-state index contributed by atoms with van der Waals surface area (Å²) >= 11 is 0. The van der Waals surface area contributed by atoms with Gasteiger partial charge in [-0.15, -0.1) is 0 Å². The Bertz CT molecular complexity index is 174. The molecule has 11 heavy (non-hydrogen) atoms. The molecule has 1 rings (SSSR count). The summed E-state index contributed by atoms with van der Waals surface area (Å²) in [5, 5.41) is 0. The summed E-state index contributed by atoms with van der Waals surface area (Å²) in [5.41, 5.74) is -0.0636. The van der Waals surface area contributed by atoms with Gasteiger partial charge in [0.15, 0.2) is 0 Å². The predicted octanol–water partition coefficient (Wildman–Crippen LogP) is 1.64. The standard InChI is InChI=1S/C9H16O2/c1-7(11-4)9(6-10)5-8(9,2)3/h6-7H,5H2,1-4H3. The highest BCUT2D eigenvalue weighted by Gasteiger charge is 2.64. The molecule has 0 N–H and O–H groups in total. The Morgan fingerprint density at radius 2 is 2.00 bits per heavy atom. The van der Waals surface area contributed by atoms with E-state index >= 15 is 0 Å². The van der Waals surface area contributed by atoms with Gasteiger partial charge in [-0.3, -0.25) is 0 Å². The fourth-order valence-electron chi connectivity index (χ4n) is 1.89. The first kappa shape index (κ1) is 8.72. The molecule has 0 aromatic heterocycles. The Morgan fingerprint density at radius 3 is 2.09 bits per heavy atom. The minimum atomic E-state index is -0.207. The zero-order chi connectivity index (χ0) is 8.70. The van der Waals surface area contributed by atoms with Crippen LogP contribution >= 0.6 is 0 Å². The zero-order valence-corrected chi connectivity index (χ0v) is 7.68. The van der Waals surface area contributed by atoms with Crippen molar-refractivity contribution in [1.82, 2.24) is 0 Å². The third-order valence-corrected chi connectivity index (χ3v) is 3.16. The van der Waals surface area contributed by atoms with E-state index in [2.05, 4.69) is 13.8 Å². The number of hydrogen-bond donors (Lipinski definition) is 0. The summed E-state index contributed by atoms with van der Waals surface area (Å²) in [6.45, 7) is 6.18. The molecule has 1 saturated carbocycles. The summed E-state index contributed by atoms with van der Waals surface area (Å²) in [7, 11) is 1.66. The van der Waals surface area contributed by atoms with Crippen LogP contribution < -0.4 is 0 Å². The first-order chi connectivity index (χ1) is 5.00. The van der Waals surface area contributed by atoms with Crippen molar-refractivity contribution in [3.05, 3.63) is 0 Å². The van der Waals surface area contributed by atoms with Gasteiger partial charge in [-0.05, 0) is 18.8 Å². The number of methoxy groups -OCH3 is 1. The van der Waals surface area contributed by atoms with Crippen molar-refractivity contribution in [2.45, 2.75) is 33.3 Å². The van der Waals surface area contributed by atoms with Crippen molar-refractivity contribution in [2.75, 3.05) is 7.11 Å². The molecule has 0 aromatic carbocycles. The highest BCUT2D eigenvalue weighted by molar-refractivity contribution is 5.67. The highest BCUT2D eigenvalue weighted by atomic mass is 16.5. The maximum absolute atomic E-state index is 10.8. The van der Waals surface area contributed by atoms with Crippen LogP contribution in [0, 0.1) is 10.8 Å². The lowest BCUT2D eigenvalue weighted by atomic mass is 9.92. The Balaban J connectivity index is 2.74. The SMILES string of the molecule is COC(C)C1(C=O)CC1(C)C. The molecule has 1 aliphatic carbocycles. The van der Waals surface area contributed by atoms with Crippen LogP contribution in [0.1, 0.15) is 27.2 Å². The van der Waals surface area contributed by atoms with Crippen LogP contribution in [0.4, 0.5) is 0 Å². The number of aldehydes is 1. The highest BCUT2D eigenvalue weighted by Crippen LogP contribution is 2.64. The van der Waals surface area contributed by atoms with Gasteiger partial charge < -0.3 is 9.53 Å². The molecule has 1 fully saturated rings. The normalized spacial score (nSPS) is 36.4. The zero-order valence-electron chi connectivity index (χ0n) is 7.68. The third kappa shape index (κ3) is 1.00. The molecule has 2 nitrogen and oxygen atoms in total. The Kier molecular flexibility index (Phi) is 1.83. The second kappa shape index (κ2) is 2.31. The van der Waals surface area contributed by atoms with E-state index in [0.29, 0.717) is 0 Å². The van der Waals surface area contributed by atoms with Gasteiger partial charge in [0.25, 0.3) is 0 Å². The van der Waals surface area contributed by atoms with Gasteiger partial charge in [0, 0.05) is 7.11 Å². The van der Waals surface area contributed by atoms with Gasteiger partial charge >= 0.3 is 0 Å². The van der Waals surface area contributed by atoms with Gasteiger partial charge in [0.05, 0.1) is 11.5 Å². The summed E-state index contributed by atoms with van der Waals surface area (Å²) < 4.78 is 5.17. The fraction of sp³-hybridized carbons (Fsp3) is 0.889. The summed E-state index contributed by atoms with van der Waals surface area (Å²) in [6, 6.07) is 0. The summed E-state index contributed by atoms with van der Waals surface area (Å²) in [6.07, 6.45) is 2.06. The minimum absolute atomic E-state index is 0.0509. The Hall–Kier alpha value is -0.370.